The molecular weight excluding hydrogens is 263 g/mol. The van der Waals surface area contributed by atoms with Gasteiger partial charge in [-0.05, 0) is 12.8 Å². The van der Waals surface area contributed by atoms with Crippen molar-refractivity contribution in [2.75, 3.05) is 0 Å². The second-order valence-corrected chi connectivity index (χ2v) is 4.57. The van der Waals surface area contributed by atoms with E-state index in [1.54, 1.807) is 0 Å². The van der Waals surface area contributed by atoms with Crippen LogP contribution >= 0.6 is 0 Å². The second kappa shape index (κ2) is 7.46. The Kier molecular flexibility index (Phi) is 6.25. The lowest BCUT2D eigenvalue weighted by molar-refractivity contribution is 0.368. The van der Waals surface area contributed by atoms with Gasteiger partial charge in [0.1, 0.15) is 0 Å². The Morgan fingerprint density at radius 2 is 1.00 bits per heavy atom. The van der Waals surface area contributed by atoms with Crippen molar-refractivity contribution < 1.29 is 22.0 Å². The molecule has 0 saturated carbocycles. The Morgan fingerprint density at radius 3 is 1.53 bits per heavy atom. The third kappa shape index (κ3) is 3.91. The molecule has 0 bridgehead atoms. The van der Waals surface area contributed by atoms with Gasteiger partial charge in [-0.25, -0.2) is 22.0 Å². The normalized spacial score (nSPS) is 11.1. The molecule has 0 aromatic heterocycles. The highest BCUT2D eigenvalue weighted by Gasteiger charge is 2.24. The molecule has 0 nitrogen and oxygen atoms in total. The van der Waals surface area contributed by atoms with Crippen LogP contribution in [-0.2, 0) is 6.42 Å². The van der Waals surface area contributed by atoms with Crippen molar-refractivity contribution in [3.8, 4) is 0 Å². The van der Waals surface area contributed by atoms with Crippen molar-refractivity contribution in [3.05, 3.63) is 34.6 Å². The van der Waals surface area contributed by atoms with Gasteiger partial charge in [-0.1, -0.05) is 39.0 Å². The number of hydrogen-bond donors (Lipinski definition) is 0. The summed E-state index contributed by atoms with van der Waals surface area (Å²) in [6, 6.07) is 0. The van der Waals surface area contributed by atoms with E-state index in [2.05, 4.69) is 6.92 Å². The third-order valence-electron chi connectivity index (χ3n) is 3.08. The topological polar surface area (TPSA) is 0 Å². The van der Waals surface area contributed by atoms with Gasteiger partial charge in [-0.15, -0.1) is 0 Å². The summed E-state index contributed by atoms with van der Waals surface area (Å²) >= 11 is 0. The van der Waals surface area contributed by atoms with Gasteiger partial charge in [0, 0.05) is 5.56 Å². The van der Waals surface area contributed by atoms with Gasteiger partial charge < -0.3 is 0 Å². The minimum absolute atomic E-state index is 0.127. The van der Waals surface area contributed by atoms with Gasteiger partial charge in [0.15, 0.2) is 23.3 Å². The average Bonchev–Trinajstić information content (AvgIpc) is 2.41. The molecule has 0 aliphatic heterocycles. The quantitative estimate of drug-likeness (QED) is 0.276. The first-order chi connectivity index (χ1) is 9.00. The molecule has 0 atom stereocenters. The summed E-state index contributed by atoms with van der Waals surface area (Å²) in [6.07, 6.45) is 5.11. The molecule has 0 amide bonds. The highest BCUT2D eigenvalue weighted by atomic mass is 19.2. The molecule has 0 N–H and O–H groups in total. The molecule has 0 saturated heterocycles. The largest absolute Gasteiger partial charge is 0.203 e. The summed E-state index contributed by atoms with van der Waals surface area (Å²) in [5.74, 6) is -9.23. The number of rotatable bonds is 7. The third-order valence-corrected chi connectivity index (χ3v) is 3.08. The summed E-state index contributed by atoms with van der Waals surface area (Å²) in [6.45, 7) is 2.06. The van der Waals surface area contributed by atoms with Crippen LogP contribution in [0.2, 0.25) is 0 Å². The maximum atomic E-state index is 13.3. The van der Waals surface area contributed by atoms with Crippen molar-refractivity contribution >= 4 is 0 Å². The van der Waals surface area contributed by atoms with E-state index < -0.39 is 34.6 Å². The Hall–Kier alpha value is -1.13. The van der Waals surface area contributed by atoms with Crippen LogP contribution < -0.4 is 0 Å². The zero-order valence-corrected chi connectivity index (χ0v) is 10.8. The van der Waals surface area contributed by atoms with Crippen LogP contribution in [0.3, 0.4) is 0 Å². The number of benzene rings is 1. The number of hydrogen-bond acceptors (Lipinski definition) is 0. The molecular formula is C14H17F5. The maximum Gasteiger partial charge on any atom is 0.200 e. The molecule has 0 spiro atoms. The molecule has 108 valence electrons. The maximum absolute atomic E-state index is 13.3. The lowest BCUT2D eigenvalue weighted by Gasteiger charge is -2.08. The Balaban J connectivity index is 2.64. The van der Waals surface area contributed by atoms with E-state index >= 15 is 0 Å². The molecule has 5 heteroatoms. The molecule has 0 aliphatic rings. The van der Waals surface area contributed by atoms with E-state index in [0.717, 1.165) is 32.1 Å². The highest BCUT2D eigenvalue weighted by Crippen LogP contribution is 2.24. The molecule has 0 heterocycles. The van der Waals surface area contributed by atoms with E-state index in [1.807, 2.05) is 0 Å². The van der Waals surface area contributed by atoms with E-state index in [-0.39, 0.29) is 6.42 Å². The van der Waals surface area contributed by atoms with Gasteiger partial charge in [0.2, 0.25) is 5.82 Å². The summed E-state index contributed by atoms with van der Waals surface area (Å²) < 4.78 is 65.3. The molecule has 1 aromatic carbocycles. The van der Waals surface area contributed by atoms with Crippen LogP contribution in [-0.4, -0.2) is 0 Å². The van der Waals surface area contributed by atoms with Crippen molar-refractivity contribution in [3.63, 3.8) is 0 Å². The monoisotopic (exact) mass is 280 g/mol. The summed E-state index contributed by atoms with van der Waals surface area (Å²) in [7, 11) is 0. The van der Waals surface area contributed by atoms with Crippen LogP contribution in [0.1, 0.15) is 51.0 Å². The van der Waals surface area contributed by atoms with Crippen molar-refractivity contribution in [1.82, 2.24) is 0 Å². The van der Waals surface area contributed by atoms with Gasteiger partial charge >= 0.3 is 0 Å². The first-order valence-electron chi connectivity index (χ1n) is 6.51. The minimum Gasteiger partial charge on any atom is -0.203 e. The summed E-state index contributed by atoms with van der Waals surface area (Å²) in [5, 5.41) is 0. The highest BCUT2D eigenvalue weighted by molar-refractivity contribution is 5.24. The summed E-state index contributed by atoms with van der Waals surface area (Å²) in [4.78, 5) is 0. The first-order valence-corrected chi connectivity index (χ1v) is 6.51. The van der Waals surface area contributed by atoms with Crippen LogP contribution in [0.15, 0.2) is 0 Å². The van der Waals surface area contributed by atoms with E-state index in [1.165, 1.54) is 0 Å². The fourth-order valence-electron chi connectivity index (χ4n) is 1.95. The Morgan fingerprint density at radius 1 is 0.579 bits per heavy atom. The zero-order valence-electron chi connectivity index (χ0n) is 10.8. The molecule has 0 aliphatic carbocycles. The predicted molar refractivity (Wildman–Crippen MR) is 63.3 cm³/mol. The van der Waals surface area contributed by atoms with Crippen molar-refractivity contribution in [1.29, 1.82) is 0 Å². The molecule has 0 unspecified atom stereocenters. The van der Waals surface area contributed by atoms with E-state index in [0.29, 0.717) is 6.42 Å². The predicted octanol–water partition coefficient (Wildman–Crippen LogP) is 5.29. The van der Waals surface area contributed by atoms with Gasteiger partial charge in [-0.3, -0.25) is 0 Å². The smallest absolute Gasteiger partial charge is 0.200 e. The lowest BCUT2D eigenvalue weighted by atomic mass is 10.0. The Bertz CT molecular complexity index is 399. The van der Waals surface area contributed by atoms with Gasteiger partial charge in [0.25, 0.3) is 0 Å². The van der Waals surface area contributed by atoms with Crippen molar-refractivity contribution in [2.45, 2.75) is 51.9 Å². The van der Waals surface area contributed by atoms with E-state index in [9.17, 15) is 22.0 Å². The molecule has 1 rings (SSSR count). The SMILES string of the molecule is CCCCCCCCc1c(F)c(F)c(F)c(F)c1F. The van der Waals surface area contributed by atoms with Crippen molar-refractivity contribution in [2.24, 2.45) is 0 Å². The lowest BCUT2D eigenvalue weighted by Crippen LogP contribution is -2.07. The molecule has 1 aromatic rings. The molecule has 0 radical (unpaired) electrons. The first kappa shape index (κ1) is 15.9. The fraction of sp³-hybridized carbons (Fsp3) is 0.571. The Labute approximate surface area is 109 Å². The second-order valence-electron chi connectivity index (χ2n) is 4.57. The fourth-order valence-corrected chi connectivity index (χ4v) is 1.95. The standard InChI is InChI=1S/C14H17F5/c1-2-3-4-5-6-7-8-9-10(15)12(17)14(19)13(18)11(9)16/h2-8H2,1H3. The minimum atomic E-state index is -2.10. The van der Waals surface area contributed by atoms with Crippen LogP contribution in [0.25, 0.3) is 0 Å². The number of unbranched alkanes of at least 4 members (excludes halogenated alkanes) is 5. The molecule has 19 heavy (non-hydrogen) atoms. The van der Waals surface area contributed by atoms with Gasteiger partial charge in [0.05, 0.1) is 0 Å². The van der Waals surface area contributed by atoms with Crippen LogP contribution in [0.4, 0.5) is 22.0 Å². The van der Waals surface area contributed by atoms with Crippen LogP contribution in [0, 0.1) is 29.1 Å². The number of halogens is 5. The molecule has 0 fully saturated rings. The van der Waals surface area contributed by atoms with Gasteiger partial charge in [-0.2, -0.15) is 0 Å². The average molecular weight is 280 g/mol. The van der Waals surface area contributed by atoms with E-state index in [4.69, 9.17) is 0 Å². The summed E-state index contributed by atoms with van der Waals surface area (Å²) in [5.41, 5.74) is -0.702. The van der Waals surface area contributed by atoms with Crippen LogP contribution in [0.5, 0.6) is 0 Å². The zero-order chi connectivity index (χ0) is 14.4.